The monoisotopic (exact) mass is 1830 g/mol. The number of pyridine rings is 5. The lowest BCUT2D eigenvalue weighted by Crippen LogP contribution is -2.46. The number of nitrogens with zero attached hydrogens (tertiary/aromatic N) is 12. The van der Waals surface area contributed by atoms with Crippen molar-refractivity contribution in [3.63, 3.8) is 0 Å². The number of fused-ring (bicyclic) bond motifs is 4. The van der Waals surface area contributed by atoms with Crippen molar-refractivity contribution in [3.05, 3.63) is 356 Å². The number of nitrogens with one attached hydrogen (secondary N) is 4. The van der Waals surface area contributed by atoms with Gasteiger partial charge in [-0.3, -0.25) is 33.9 Å². The highest BCUT2D eigenvalue weighted by atomic mass is 32.1. The molecule has 0 bridgehead atoms. The van der Waals surface area contributed by atoms with E-state index in [4.69, 9.17) is 38.6 Å². The van der Waals surface area contributed by atoms with Crippen molar-refractivity contribution in [2.45, 2.75) is 40.8 Å². The molecule has 135 heavy (non-hydrogen) atoms. The number of piperazine rings is 1. The Morgan fingerprint density at radius 1 is 0.363 bits per heavy atom. The van der Waals surface area contributed by atoms with Crippen molar-refractivity contribution in [3.8, 4) is 89.0 Å². The Labute approximate surface area is 792 Å². The minimum Gasteiger partial charge on any atom is -0.497 e. The zero-order chi connectivity index (χ0) is 91.4. The van der Waals surface area contributed by atoms with E-state index in [1.54, 1.807) is 75.1 Å². The topological polar surface area (TPSA) is 271 Å². The second-order valence-electron chi connectivity index (χ2n) is 31.5. The Kier molecular flexibility index (Phi) is 31.5. The van der Waals surface area contributed by atoms with Crippen LogP contribution in [-0.2, 0) is 17.8 Å². The molecule has 27 heteroatoms. The smallest absolute Gasteiger partial charge is 0.274 e. The molecule has 20 rings (SSSR count). The number of anilines is 4. The molecule has 9 aromatic heterocycles. The fourth-order valence-corrected chi connectivity index (χ4v) is 17.7. The molecule has 4 N–H and O–H groups in total. The number of rotatable bonds is 25. The van der Waals surface area contributed by atoms with Crippen LogP contribution in [0, 0.1) is 0 Å². The van der Waals surface area contributed by atoms with Crippen molar-refractivity contribution in [2.75, 3.05) is 109 Å². The van der Waals surface area contributed by atoms with Crippen molar-refractivity contribution >= 4 is 101 Å². The summed E-state index contributed by atoms with van der Waals surface area (Å²) in [5.74, 6) is 1.23. The molecule has 2 saturated heterocycles. The lowest BCUT2D eigenvalue weighted by atomic mass is 10.0. The van der Waals surface area contributed by atoms with Gasteiger partial charge in [0.25, 0.3) is 23.6 Å². The summed E-state index contributed by atoms with van der Waals surface area (Å²) in [4.78, 5) is 94.5. The zero-order valence-corrected chi connectivity index (χ0v) is 75.6. The number of methoxy groups -OCH3 is 5. The summed E-state index contributed by atoms with van der Waals surface area (Å²) in [5, 5.41) is 13.8. The number of likely N-dealkylation sites (tertiary alicyclic amines) is 1. The van der Waals surface area contributed by atoms with E-state index in [1.807, 2.05) is 277 Å². The van der Waals surface area contributed by atoms with E-state index in [1.165, 1.54) is 44.0 Å². The summed E-state index contributed by atoms with van der Waals surface area (Å²) < 4.78 is 30.2. The molecule has 0 aliphatic carbocycles. The van der Waals surface area contributed by atoms with E-state index >= 15 is 0 Å². The Balaban J connectivity index is 0.000000138. The molecule has 0 unspecified atom stereocenters. The molecule has 0 spiro atoms. The van der Waals surface area contributed by atoms with Crippen molar-refractivity contribution in [1.29, 1.82) is 0 Å². The number of aromatic nitrogens is 9. The quantitative estimate of drug-likeness (QED) is 0.0414. The molecule has 25 nitrogen and oxygen atoms in total. The normalized spacial score (nSPS) is 12.5. The molecule has 11 heterocycles. The number of carbonyl (C=O) groups is 4. The lowest BCUT2D eigenvalue weighted by molar-refractivity contribution is 0.0938. The van der Waals surface area contributed by atoms with E-state index in [0.29, 0.717) is 62.4 Å². The minimum atomic E-state index is -0.268. The summed E-state index contributed by atoms with van der Waals surface area (Å²) in [6.07, 6.45) is 14.2. The molecule has 0 saturated carbocycles. The number of thiazole rings is 2. The van der Waals surface area contributed by atoms with Crippen molar-refractivity contribution in [2.24, 2.45) is 0 Å². The SMILES string of the molecule is C.C.COCCN1CCN(Cc2cnc3sc(-c4ccccc4NC(=O)c4cccc(-c5ccccc5)n4)nc3c2)CC1.COc1ccc(C(=O)Nc2ccccc2-c2cn3ccccc3n2)c(OC)c1.COc1ccc(C(=O)Nc2ccccc2-c2cn3ccccc3n2)cc1OC.O=C(Nc1ccccc1-c1nc2cc(CN3CCCC3)cnc2s1)c1cccc(-c2ccccc2)c1. The van der Waals surface area contributed by atoms with E-state index in [0.717, 1.165) is 175 Å². The van der Waals surface area contributed by atoms with E-state index in [9.17, 15) is 19.2 Å². The second-order valence-corrected chi connectivity index (χ2v) is 33.5. The van der Waals surface area contributed by atoms with Gasteiger partial charge in [-0.1, -0.05) is 189 Å². The van der Waals surface area contributed by atoms with Gasteiger partial charge >= 0.3 is 0 Å². The number of para-hydroxylation sites is 4. The molecule has 2 aliphatic rings. The van der Waals surface area contributed by atoms with Crippen LogP contribution in [0.2, 0.25) is 0 Å². The Morgan fingerprint density at radius 2 is 0.830 bits per heavy atom. The van der Waals surface area contributed by atoms with Crippen LogP contribution in [0.5, 0.6) is 23.0 Å². The molecule has 18 aromatic rings. The zero-order valence-electron chi connectivity index (χ0n) is 73.9. The van der Waals surface area contributed by atoms with E-state index in [-0.39, 0.29) is 38.5 Å². The molecule has 0 atom stereocenters. The first kappa shape index (κ1) is 94.2. The van der Waals surface area contributed by atoms with E-state index < -0.39 is 0 Å². The van der Waals surface area contributed by atoms with Crippen LogP contribution in [0.15, 0.2) is 322 Å². The van der Waals surface area contributed by atoms with Crippen molar-refractivity contribution < 1.29 is 42.9 Å². The van der Waals surface area contributed by atoms with Crippen LogP contribution in [0.25, 0.3) is 98.0 Å². The van der Waals surface area contributed by atoms with Gasteiger partial charge in [0, 0.05) is 135 Å². The van der Waals surface area contributed by atoms with Gasteiger partial charge in [-0.15, -0.1) is 0 Å². The van der Waals surface area contributed by atoms with Crippen LogP contribution in [0.4, 0.5) is 22.7 Å². The number of carbonyl (C=O) groups excluding carboxylic acids is 4. The molecule has 9 aromatic carbocycles. The van der Waals surface area contributed by atoms with Gasteiger partial charge in [0.1, 0.15) is 59.2 Å². The van der Waals surface area contributed by atoms with Gasteiger partial charge in [-0.25, -0.2) is 34.9 Å². The highest BCUT2D eigenvalue weighted by Gasteiger charge is 2.24. The first-order valence-electron chi connectivity index (χ1n) is 43.6. The third-order valence-electron chi connectivity index (χ3n) is 22.7. The molecular weight excluding hydrogens is 1730 g/mol. The molecule has 2 fully saturated rings. The average Bonchev–Trinajstić information content (AvgIpc) is 1.70. The van der Waals surface area contributed by atoms with Gasteiger partial charge in [0.2, 0.25) is 0 Å². The summed E-state index contributed by atoms with van der Waals surface area (Å²) in [5.41, 5.74) is 19.3. The van der Waals surface area contributed by atoms with E-state index in [2.05, 4.69) is 68.0 Å². The molecule has 4 amide bonds. The van der Waals surface area contributed by atoms with Gasteiger partial charge in [-0.05, 0) is 176 Å². The highest BCUT2D eigenvalue weighted by Crippen LogP contribution is 2.39. The lowest BCUT2D eigenvalue weighted by Gasteiger charge is -2.34. The first-order chi connectivity index (χ1) is 65.3. The maximum Gasteiger partial charge on any atom is 0.274 e. The summed E-state index contributed by atoms with van der Waals surface area (Å²) in [6.45, 7) is 10.0. The maximum absolute atomic E-state index is 13.2. The van der Waals surface area contributed by atoms with Gasteiger partial charge in [-0.2, -0.15) is 0 Å². The Bertz CT molecular complexity index is 7070. The molecule has 682 valence electrons. The van der Waals surface area contributed by atoms with Crippen LogP contribution >= 0.6 is 22.7 Å². The number of hydrogen-bond donors (Lipinski definition) is 4. The number of hydrogen-bond acceptors (Lipinski definition) is 21. The largest absolute Gasteiger partial charge is 0.497 e. The summed E-state index contributed by atoms with van der Waals surface area (Å²) >= 11 is 3.08. The van der Waals surface area contributed by atoms with Crippen LogP contribution < -0.4 is 40.2 Å². The standard InChI is InChI=1S/C32H32N6O2S.C30H26N4OS.2C22H19N3O3.2CH4/c1-40-19-18-37-14-16-38(17-15-37)22-23-20-29-32(33-21-23)41-31(36-29)25-10-5-6-11-27(25)35-30(39)28-13-7-12-26(34-28)24-8-3-2-4-9-24;35-28(24-12-8-11-23(18-24)22-9-2-1-3-10-22)32-26-14-5-4-13-25(26)29-33-27-17-21(19-31-30(27)36-29)20-34-15-6-7-16-34;1-27-15-10-11-17(20(13-15)28-2)22(26)24-18-8-4-3-7-16(18)19-14-25-12-6-5-9-21(25)23-19;1-27-19-11-10-15(13-20(19)28-2)22(26)24-17-8-4-3-7-16(17)18-14-25-12-6-5-9-21(25)23-18;;/h2-13,20-21H,14-19,22H2,1H3,(H,35,39);1-5,8-14,17-19H,6-7,15-16,20H2,(H,32,35);2*3-14H,1-2H3,(H,24,26);2*1H4. The average molecular weight is 1830 g/mol. The third-order valence-corrected chi connectivity index (χ3v) is 24.7. The third kappa shape index (κ3) is 23.2. The van der Waals surface area contributed by atoms with Crippen LogP contribution in [0.1, 0.15) is 80.4 Å². The molecular formula is C108H104N16O9S2. The number of imidazole rings is 2. The predicted molar refractivity (Wildman–Crippen MR) is 541 cm³/mol. The van der Waals surface area contributed by atoms with Crippen molar-refractivity contribution in [1.82, 2.24) is 58.4 Å². The fraction of sp³-hybridized carbons (Fsp3) is 0.176. The number of benzene rings is 9. The summed E-state index contributed by atoms with van der Waals surface area (Å²) in [6, 6.07) is 90.0. The van der Waals surface area contributed by atoms with Gasteiger partial charge in [0.15, 0.2) is 11.5 Å². The summed E-state index contributed by atoms with van der Waals surface area (Å²) in [7, 11) is 7.94. The highest BCUT2D eigenvalue weighted by molar-refractivity contribution is 7.21. The number of ether oxygens (including phenoxy) is 5. The molecule has 0 radical (unpaired) electrons. The minimum absolute atomic E-state index is 0. The van der Waals surface area contributed by atoms with Gasteiger partial charge < -0.3 is 53.8 Å². The van der Waals surface area contributed by atoms with Gasteiger partial charge in [0.05, 0.1) is 80.4 Å². The predicted octanol–water partition coefficient (Wildman–Crippen LogP) is 22.1. The second kappa shape index (κ2) is 45.1. The fourth-order valence-electron chi connectivity index (χ4n) is 15.8. The van der Waals surface area contributed by atoms with Crippen LogP contribution in [0.3, 0.4) is 0 Å². The Morgan fingerprint density at radius 3 is 1.36 bits per heavy atom. The first-order valence-corrected chi connectivity index (χ1v) is 45.2. The Hall–Kier alpha value is -15.5. The molecule has 2 aliphatic heterocycles. The maximum atomic E-state index is 13.2. The van der Waals surface area contributed by atoms with Crippen LogP contribution in [-0.4, -0.2) is 170 Å². The number of amides is 4.